The summed E-state index contributed by atoms with van der Waals surface area (Å²) in [7, 11) is 0. The van der Waals surface area contributed by atoms with Crippen LogP contribution in [-0.4, -0.2) is 22.7 Å². The van der Waals surface area contributed by atoms with E-state index < -0.39 is 5.97 Å². The highest BCUT2D eigenvalue weighted by Crippen LogP contribution is 2.33. The van der Waals surface area contributed by atoms with E-state index in [0.29, 0.717) is 23.8 Å². The molecule has 2 aromatic rings. The number of carboxylic acid groups (broad SMARTS) is 1. The summed E-state index contributed by atoms with van der Waals surface area (Å²) in [5, 5.41) is 9.16. The van der Waals surface area contributed by atoms with Crippen LogP contribution in [0.15, 0.2) is 36.5 Å². The maximum absolute atomic E-state index is 11.2. The van der Waals surface area contributed by atoms with E-state index in [-0.39, 0.29) is 11.3 Å². The molecule has 0 saturated heterocycles. The molecule has 0 aliphatic carbocycles. The fourth-order valence-corrected chi connectivity index (χ4v) is 1.71. The van der Waals surface area contributed by atoms with Crippen molar-refractivity contribution in [2.45, 2.75) is 13.8 Å². The van der Waals surface area contributed by atoms with Gasteiger partial charge in [0.2, 0.25) is 0 Å². The largest absolute Gasteiger partial charge is 0.490 e. The van der Waals surface area contributed by atoms with Crippen LogP contribution in [0.25, 0.3) is 0 Å². The molecule has 0 radical (unpaired) electrons. The molecule has 0 aliphatic heterocycles. The number of nitrogens with zero attached hydrogens (tertiary/aromatic N) is 1. The summed E-state index contributed by atoms with van der Waals surface area (Å²) < 4.78 is 11.1. The minimum atomic E-state index is -1.08. The number of rotatable bonds is 5. The Labute approximate surface area is 116 Å². The Kier molecular flexibility index (Phi) is 4.20. The number of hydrogen-bond acceptors (Lipinski definition) is 4. The molecule has 0 saturated carbocycles. The molecule has 5 nitrogen and oxygen atoms in total. The highest BCUT2D eigenvalue weighted by molar-refractivity contribution is 5.90. The molecule has 0 aliphatic rings. The number of aromatic nitrogens is 1. The normalized spacial score (nSPS) is 10.1. The van der Waals surface area contributed by atoms with Crippen LogP contribution in [0.1, 0.15) is 23.0 Å². The van der Waals surface area contributed by atoms with Crippen LogP contribution >= 0.6 is 0 Å². The maximum Gasteiger partial charge on any atom is 0.341 e. The third-order valence-corrected chi connectivity index (χ3v) is 2.60. The molecule has 1 heterocycles. The molecular weight excluding hydrogens is 258 g/mol. The fourth-order valence-electron chi connectivity index (χ4n) is 1.71. The standard InChI is InChI=1S/C15H15NO4/c1-3-19-12-6-4-5-7-13(12)20-14-8-10(2)16-9-11(14)15(17)18/h4-9H,3H2,1-2H3,(H,17,18). The van der Waals surface area contributed by atoms with Crippen LogP contribution in [0.2, 0.25) is 0 Å². The molecule has 20 heavy (non-hydrogen) atoms. The number of carbonyl (C=O) groups is 1. The van der Waals surface area contributed by atoms with Crippen molar-refractivity contribution in [3.05, 3.63) is 47.8 Å². The predicted molar refractivity (Wildman–Crippen MR) is 73.6 cm³/mol. The molecule has 0 unspecified atom stereocenters. The topological polar surface area (TPSA) is 68.7 Å². The van der Waals surface area contributed by atoms with Crippen molar-refractivity contribution >= 4 is 5.97 Å². The number of pyridine rings is 1. The highest BCUT2D eigenvalue weighted by Gasteiger charge is 2.14. The van der Waals surface area contributed by atoms with E-state index in [4.69, 9.17) is 14.6 Å². The van der Waals surface area contributed by atoms with Gasteiger partial charge in [-0.3, -0.25) is 4.98 Å². The first kappa shape index (κ1) is 13.9. The van der Waals surface area contributed by atoms with Gasteiger partial charge in [0.15, 0.2) is 11.5 Å². The van der Waals surface area contributed by atoms with Gasteiger partial charge in [-0.25, -0.2) is 4.79 Å². The average molecular weight is 273 g/mol. The Morgan fingerprint density at radius 1 is 1.25 bits per heavy atom. The van der Waals surface area contributed by atoms with E-state index in [1.165, 1.54) is 6.20 Å². The number of para-hydroxylation sites is 2. The molecule has 0 fully saturated rings. The van der Waals surface area contributed by atoms with Gasteiger partial charge in [0.25, 0.3) is 0 Å². The molecule has 0 amide bonds. The van der Waals surface area contributed by atoms with Crippen LogP contribution in [0.5, 0.6) is 17.2 Å². The first-order valence-electron chi connectivity index (χ1n) is 6.21. The molecule has 1 aromatic carbocycles. The Morgan fingerprint density at radius 2 is 1.95 bits per heavy atom. The van der Waals surface area contributed by atoms with E-state index in [9.17, 15) is 4.79 Å². The van der Waals surface area contributed by atoms with Crippen molar-refractivity contribution < 1.29 is 19.4 Å². The second-order valence-corrected chi connectivity index (χ2v) is 4.11. The highest BCUT2D eigenvalue weighted by atomic mass is 16.5. The number of hydrogen-bond donors (Lipinski definition) is 1. The van der Waals surface area contributed by atoms with Crippen molar-refractivity contribution in [3.8, 4) is 17.2 Å². The van der Waals surface area contributed by atoms with Gasteiger partial charge >= 0.3 is 5.97 Å². The molecule has 1 aromatic heterocycles. The lowest BCUT2D eigenvalue weighted by Crippen LogP contribution is -2.02. The van der Waals surface area contributed by atoms with Gasteiger partial charge in [-0.15, -0.1) is 0 Å². The molecule has 0 spiro atoms. The van der Waals surface area contributed by atoms with E-state index in [1.807, 2.05) is 13.0 Å². The van der Waals surface area contributed by atoms with Crippen molar-refractivity contribution in [1.29, 1.82) is 0 Å². The Balaban J connectivity index is 2.39. The molecule has 2 rings (SSSR count). The lowest BCUT2D eigenvalue weighted by molar-refractivity contribution is 0.0693. The number of carboxylic acids is 1. The van der Waals surface area contributed by atoms with Crippen molar-refractivity contribution in [1.82, 2.24) is 4.98 Å². The molecular formula is C15H15NO4. The maximum atomic E-state index is 11.2. The second-order valence-electron chi connectivity index (χ2n) is 4.11. The molecule has 5 heteroatoms. The summed E-state index contributed by atoms with van der Waals surface area (Å²) in [6.07, 6.45) is 1.29. The second kappa shape index (κ2) is 6.06. The predicted octanol–water partition coefficient (Wildman–Crippen LogP) is 3.28. The summed E-state index contributed by atoms with van der Waals surface area (Å²) in [6, 6.07) is 8.71. The summed E-state index contributed by atoms with van der Waals surface area (Å²) in [5.74, 6) is 0.210. The van der Waals surface area contributed by atoms with Crippen LogP contribution in [0.3, 0.4) is 0 Å². The van der Waals surface area contributed by atoms with E-state index in [0.717, 1.165) is 0 Å². The van der Waals surface area contributed by atoms with Gasteiger partial charge in [-0.1, -0.05) is 12.1 Å². The third kappa shape index (κ3) is 3.06. The summed E-state index contributed by atoms with van der Waals surface area (Å²) >= 11 is 0. The van der Waals surface area contributed by atoms with Gasteiger partial charge < -0.3 is 14.6 Å². The molecule has 1 N–H and O–H groups in total. The first-order valence-corrected chi connectivity index (χ1v) is 6.21. The summed E-state index contributed by atoms with van der Waals surface area (Å²) in [6.45, 7) is 4.14. The van der Waals surface area contributed by atoms with Gasteiger partial charge in [0, 0.05) is 18.0 Å². The zero-order valence-corrected chi connectivity index (χ0v) is 11.3. The lowest BCUT2D eigenvalue weighted by atomic mass is 10.2. The van der Waals surface area contributed by atoms with Crippen molar-refractivity contribution in [2.75, 3.05) is 6.61 Å². The van der Waals surface area contributed by atoms with Gasteiger partial charge in [-0.05, 0) is 26.0 Å². The molecule has 104 valence electrons. The first-order chi connectivity index (χ1) is 9.61. The van der Waals surface area contributed by atoms with Crippen LogP contribution in [0, 0.1) is 6.92 Å². The Morgan fingerprint density at radius 3 is 2.60 bits per heavy atom. The quantitative estimate of drug-likeness (QED) is 0.905. The minimum absolute atomic E-state index is 0.0156. The zero-order chi connectivity index (χ0) is 14.5. The Bertz CT molecular complexity index is 625. The minimum Gasteiger partial charge on any atom is -0.490 e. The number of aryl methyl sites for hydroxylation is 1. The fraction of sp³-hybridized carbons (Fsp3) is 0.200. The smallest absolute Gasteiger partial charge is 0.341 e. The van der Waals surface area contributed by atoms with Gasteiger partial charge in [-0.2, -0.15) is 0 Å². The molecule has 0 atom stereocenters. The molecule has 0 bridgehead atoms. The SMILES string of the molecule is CCOc1ccccc1Oc1cc(C)ncc1C(=O)O. The lowest BCUT2D eigenvalue weighted by Gasteiger charge is -2.13. The summed E-state index contributed by atoms with van der Waals surface area (Å²) in [5.41, 5.74) is 0.695. The van der Waals surface area contributed by atoms with E-state index in [1.54, 1.807) is 31.2 Å². The van der Waals surface area contributed by atoms with Crippen molar-refractivity contribution in [3.63, 3.8) is 0 Å². The third-order valence-electron chi connectivity index (χ3n) is 2.60. The Hall–Kier alpha value is -2.56. The van der Waals surface area contributed by atoms with E-state index >= 15 is 0 Å². The number of benzene rings is 1. The number of aromatic carboxylic acids is 1. The van der Waals surface area contributed by atoms with Gasteiger partial charge in [0.05, 0.1) is 6.61 Å². The zero-order valence-electron chi connectivity index (χ0n) is 11.3. The van der Waals surface area contributed by atoms with Crippen LogP contribution in [0.4, 0.5) is 0 Å². The van der Waals surface area contributed by atoms with Gasteiger partial charge in [0.1, 0.15) is 11.3 Å². The number of ether oxygens (including phenoxy) is 2. The average Bonchev–Trinajstić information content (AvgIpc) is 2.41. The summed E-state index contributed by atoms with van der Waals surface area (Å²) in [4.78, 5) is 15.2. The van der Waals surface area contributed by atoms with Crippen LogP contribution in [-0.2, 0) is 0 Å². The van der Waals surface area contributed by atoms with Crippen LogP contribution < -0.4 is 9.47 Å². The van der Waals surface area contributed by atoms with Crippen molar-refractivity contribution in [2.24, 2.45) is 0 Å². The monoisotopic (exact) mass is 273 g/mol. The van der Waals surface area contributed by atoms with E-state index in [2.05, 4.69) is 4.98 Å².